The van der Waals surface area contributed by atoms with Crippen molar-refractivity contribution in [1.29, 1.82) is 0 Å². The summed E-state index contributed by atoms with van der Waals surface area (Å²) in [7, 11) is 1.81. The van der Waals surface area contributed by atoms with Gasteiger partial charge in [0.2, 0.25) is 0 Å². The number of rotatable bonds is 2. The summed E-state index contributed by atoms with van der Waals surface area (Å²) in [5.74, 6) is 6.05. The van der Waals surface area contributed by atoms with Crippen LogP contribution in [0.15, 0.2) is 41.7 Å². The predicted molar refractivity (Wildman–Crippen MR) is 117 cm³/mol. The molecule has 0 bridgehead atoms. The number of amidine groups is 1. The molecule has 1 aromatic carbocycles. The molecule has 1 saturated carbocycles. The molecule has 5 nitrogen and oxygen atoms in total. The van der Waals surface area contributed by atoms with Crippen molar-refractivity contribution in [2.75, 3.05) is 13.7 Å². The number of pyridine rings is 1. The van der Waals surface area contributed by atoms with E-state index in [4.69, 9.17) is 20.2 Å². The average Bonchev–Trinajstić information content (AvgIpc) is 3.28. The molecule has 1 aliphatic heterocycles. The predicted octanol–water partition coefficient (Wildman–Crippen LogP) is 3.79. The zero-order chi connectivity index (χ0) is 20.8. The van der Waals surface area contributed by atoms with Gasteiger partial charge < -0.3 is 15.2 Å². The molecule has 1 atom stereocenters. The fraction of sp³-hybridized carbons (Fsp3) is 0.440. The summed E-state index contributed by atoms with van der Waals surface area (Å²) in [6.45, 7) is 2.36. The summed E-state index contributed by atoms with van der Waals surface area (Å²) in [4.78, 5) is 9.35. The lowest BCUT2D eigenvalue weighted by Crippen LogP contribution is -2.46. The minimum Gasteiger partial charge on any atom is -0.462 e. The highest BCUT2D eigenvalue weighted by Gasteiger charge is 2.61. The molecule has 2 heterocycles. The minimum absolute atomic E-state index is 0.0396. The Balaban J connectivity index is 1.59. The van der Waals surface area contributed by atoms with Gasteiger partial charge in [-0.25, -0.2) is 4.99 Å². The van der Waals surface area contributed by atoms with Crippen LogP contribution >= 0.6 is 0 Å². The van der Waals surface area contributed by atoms with Crippen molar-refractivity contribution < 1.29 is 9.47 Å². The molecule has 0 amide bonds. The van der Waals surface area contributed by atoms with Gasteiger partial charge in [-0.1, -0.05) is 18.1 Å². The fourth-order valence-electron chi connectivity index (χ4n) is 5.71. The van der Waals surface area contributed by atoms with Crippen LogP contribution in [-0.2, 0) is 21.4 Å². The zero-order valence-electron chi connectivity index (χ0n) is 17.6. The number of methoxy groups -OCH3 is 1. The second kappa shape index (κ2) is 7.14. The molecule has 1 aromatic heterocycles. The summed E-state index contributed by atoms with van der Waals surface area (Å²) in [5.41, 5.74) is 11.4. The number of ether oxygens (including phenoxy) is 2. The summed E-state index contributed by atoms with van der Waals surface area (Å²) < 4.78 is 11.4. The van der Waals surface area contributed by atoms with E-state index in [0.717, 1.165) is 48.8 Å². The normalized spacial score (nSPS) is 29.3. The van der Waals surface area contributed by atoms with Crippen LogP contribution in [0, 0.1) is 17.3 Å². The van der Waals surface area contributed by atoms with E-state index in [1.807, 2.05) is 20.2 Å². The van der Waals surface area contributed by atoms with Gasteiger partial charge in [0, 0.05) is 36.0 Å². The third-order valence-electron chi connectivity index (χ3n) is 7.26. The zero-order valence-corrected chi connectivity index (χ0v) is 17.6. The van der Waals surface area contributed by atoms with Gasteiger partial charge in [0.25, 0.3) is 6.02 Å². The number of aliphatic imine (C=N–C) groups is 1. The number of hydrogen-bond acceptors (Lipinski definition) is 5. The maximum atomic E-state index is 6.07. The molecule has 0 radical (unpaired) electrons. The maximum Gasteiger partial charge on any atom is 0.283 e. The van der Waals surface area contributed by atoms with E-state index in [-0.39, 0.29) is 5.41 Å². The van der Waals surface area contributed by atoms with Crippen molar-refractivity contribution in [2.24, 2.45) is 16.1 Å². The molecule has 5 rings (SSSR count). The molecule has 2 N–H and O–H groups in total. The van der Waals surface area contributed by atoms with Crippen LogP contribution in [0.4, 0.5) is 0 Å². The van der Waals surface area contributed by atoms with Crippen molar-refractivity contribution in [1.82, 2.24) is 4.98 Å². The number of nitrogens with zero attached hydrogens (tertiary/aromatic N) is 2. The van der Waals surface area contributed by atoms with Crippen LogP contribution in [0.25, 0.3) is 11.1 Å². The third kappa shape index (κ3) is 2.82. The van der Waals surface area contributed by atoms with Gasteiger partial charge in [-0.3, -0.25) is 4.98 Å². The Hall–Kier alpha value is -2.84. The van der Waals surface area contributed by atoms with Crippen LogP contribution in [0.2, 0.25) is 0 Å². The second-order valence-corrected chi connectivity index (χ2v) is 8.70. The van der Waals surface area contributed by atoms with Crippen LogP contribution in [0.3, 0.4) is 0 Å². The number of fused-ring (bicyclic) bond motifs is 3. The Morgan fingerprint density at radius 3 is 2.70 bits per heavy atom. The van der Waals surface area contributed by atoms with E-state index in [1.54, 1.807) is 6.20 Å². The van der Waals surface area contributed by atoms with E-state index in [1.165, 1.54) is 11.1 Å². The van der Waals surface area contributed by atoms with Crippen LogP contribution < -0.4 is 5.73 Å². The summed E-state index contributed by atoms with van der Waals surface area (Å²) in [6, 6.07) is 9.12. The number of nitrogens with two attached hydrogens (primary N) is 1. The van der Waals surface area contributed by atoms with Crippen molar-refractivity contribution in [3.63, 3.8) is 0 Å². The molecular formula is C25H27N3O2. The Morgan fingerprint density at radius 1 is 1.17 bits per heavy atom. The monoisotopic (exact) mass is 401 g/mol. The average molecular weight is 402 g/mol. The first kappa shape index (κ1) is 19.1. The standard InChI is InChI=1S/C25H27N3O2/c1-3-4-17-11-20(15-27-14-17)18-5-6-19-13-24(9-7-21(29-2)8-10-24)25(22(19)12-18)16-30-23(26)28-25/h5-6,11-12,14-15,21H,7-10,13,16H2,1-2H3,(H2,26,28)/t21-,24-,25?. The Kier molecular flexibility index (Phi) is 4.56. The highest BCUT2D eigenvalue weighted by Crippen LogP contribution is 2.61. The van der Waals surface area contributed by atoms with E-state index in [9.17, 15) is 0 Å². The summed E-state index contributed by atoms with van der Waals surface area (Å²) in [5, 5.41) is 0. The number of aromatic nitrogens is 1. The van der Waals surface area contributed by atoms with E-state index < -0.39 is 5.54 Å². The third-order valence-corrected chi connectivity index (χ3v) is 7.26. The van der Waals surface area contributed by atoms with Gasteiger partial charge in [0.15, 0.2) is 0 Å². The first-order chi connectivity index (χ1) is 14.6. The van der Waals surface area contributed by atoms with Gasteiger partial charge in [0.05, 0.1) is 6.10 Å². The van der Waals surface area contributed by atoms with Gasteiger partial charge in [-0.15, -0.1) is 5.92 Å². The van der Waals surface area contributed by atoms with Crippen LogP contribution in [0.1, 0.15) is 49.3 Å². The summed E-state index contributed by atoms with van der Waals surface area (Å²) in [6.07, 6.45) is 9.28. The number of hydrogen-bond donors (Lipinski definition) is 1. The highest BCUT2D eigenvalue weighted by molar-refractivity contribution is 5.76. The molecule has 2 aliphatic carbocycles. The largest absolute Gasteiger partial charge is 0.462 e. The van der Waals surface area contributed by atoms with Gasteiger partial charge in [-0.2, -0.15) is 0 Å². The molecular weight excluding hydrogens is 374 g/mol. The molecule has 1 fully saturated rings. The lowest BCUT2D eigenvalue weighted by molar-refractivity contribution is -0.00983. The maximum absolute atomic E-state index is 6.07. The second-order valence-electron chi connectivity index (χ2n) is 8.70. The van der Waals surface area contributed by atoms with E-state index in [2.05, 4.69) is 41.1 Å². The van der Waals surface area contributed by atoms with Crippen LogP contribution in [-0.4, -0.2) is 30.8 Å². The molecule has 5 heteroatoms. The molecule has 1 unspecified atom stereocenters. The van der Waals surface area contributed by atoms with Crippen molar-refractivity contribution in [2.45, 2.75) is 50.7 Å². The molecule has 2 aromatic rings. The lowest BCUT2D eigenvalue weighted by atomic mass is 9.62. The Morgan fingerprint density at radius 2 is 2.00 bits per heavy atom. The van der Waals surface area contributed by atoms with E-state index >= 15 is 0 Å². The molecule has 3 aliphatic rings. The topological polar surface area (TPSA) is 69.7 Å². The van der Waals surface area contributed by atoms with Crippen molar-refractivity contribution in [3.8, 4) is 23.0 Å². The van der Waals surface area contributed by atoms with Crippen molar-refractivity contribution in [3.05, 3.63) is 53.3 Å². The lowest BCUT2D eigenvalue weighted by Gasteiger charge is -2.45. The first-order valence-corrected chi connectivity index (χ1v) is 10.6. The first-order valence-electron chi connectivity index (χ1n) is 10.6. The summed E-state index contributed by atoms with van der Waals surface area (Å²) >= 11 is 0. The van der Waals surface area contributed by atoms with E-state index in [0.29, 0.717) is 18.7 Å². The number of benzene rings is 1. The molecule has 30 heavy (non-hydrogen) atoms. The van der Waals surface area contributed by atoms with Gasteiger partial charge in [0.1, 0.15) is 12.1 Å². The highest BCUT2D eigenvalue weighted by atomic mass is 16.5. The quantitative estimate of drug-likeness (QED) is 0.778. The smallest absolute Gasteiger partial charge is 0.283 e. The molecule has 2 spiro atoms. The SMILES string of the molecule is CC#Cc1cncc(-c2ccc3c(c2)C2(COC(N)=N2)[C@]2(CC[C@H](OC)CC2)C3)c1. The minimum atomic E-state index is -0.407. The molecule has 0 saturated heterocycles. The fourth-order valence-corrected chi connectivity index (χ4v) is 5.71. The van der Waals surface area contributed by atoms with Gasteiger partial charge in [-0.05, 0) is 67.9 Å². The van der Waals surface area contributed by atoms with Crippen LogP contribution in [0.5, 0.6) is 0 Å². The van der Waals surface area contributed by atoms with Gasteiger partial charge >= 0.3 is 0 Å². The molecule has 154 valence electrons. The Labute approximate surface area is 177 Å². The van der Waals surface area contributed by atoms with Crippen molar-refractivity contribution >= 4 is 6.02 Å². The Bertz CT molecular complexity index is 1070.